The molecule has 1 aliphatic carbocycles. The van der Waals surface area contributed by atoms with E-state index in [-0.39, 0.29) is 0 Å². The van der Waals surface area contributed by atoms with Crippen LogP contribution in [0.5, 0.6) is 0 Å². The number of carbonyl (C=O) groups excluding carboxylic acids is 1. The van der Waals surface area contributed by atoms with Crippen LogP contribution in [0, 0.1) is 19.8 Å². The Morgan fingerprint density at radius 1 is 1.20 bits per heavy atom. The highest BCUT2D eigenvalue weighted by Gasteiger charge is 2.24. The van der Waals surface area contributed by atoms with Crippen molar-refractivity contribution in [2.45, 2.75) is 26.7 Å². The summed E-state index contributed by atoms with van der Waals surface area (Å²) in [4.78, 5) is 12.2. The lowest BCUT2D eigenvalue weighted by Crippen LogP contribution is -2.40. The van der Waals surface area contributed by atoms with Gasteiger partial charge in [0.2, 0.25) is 0 Å². The van der Waals surface area contributed by atoms with Crippen LogP contribution in [0.15, 0.2) is 30.3 Å². The van der Waals surface area contributed by atoms with E-state index in [1.807, 2.05) is 42.8 Å². The molecule has 1 saturated carbocycles. The average Bonchev–Trinajstić information content (AvgIpc) is 3.40. The lowest BCUT2D eigenvalue weighted by atomic mass is 10.2. The Hall–Kier alpha value is -2.98. The predicted octanol–water partition coefficient (Wildman–Crippen LogP) is 1.75. The number of hydrogen-bond donors (Lipinski definition) is 2. The monoisotopic (exact) mass is 428 g/mol. The van der Waals surface area contributed by atoms with Crippen molar-refractivity contribution in [3.8, 4) is 5.82 Å². The third-order valence-electron chi connectivity index (χ3n) is 5.11. The molecule has 0 saturated heterocycles. The lowest BCUT2D eigenvalue weighted by molar-refractivity contribution is -0.114. The van der Waals surface area contributed by atoms with Crippen LogP contribution >= 0.6 is 0 Å². The third kappa shape index (κ3) is 4.14. The van der Waals surface area contributed by atoms with Crippen molar-refractivity contribution in [1.82, 2.24) is 29.0 Å². The number of aryl methyl sites for hydroxylation is 3. The van der Waals surface area contributed by atoms with Crippen LogP contribution < -0.4 is 9.44 Å². The summed E-state index contributed by atoms with van der Waals surface area (Å²) < 4.78 is 31.9. The van der Waals surface area contributed by atoms with E-state index in [1.54, 1.807) is 22.5 Å². The lowest BCUT2D eigenvalue weighted by Gasteiger charge is -2.07. The summed E-state index contributed by atoms with van der Waals surface area (Å²) in [5.74, 6) is 0.338. The fourth-order valence-corrected chi connectivity index (χ4v) is 4.26. The molecule has 3 aromatic rings. The van der Waals surface area contributed by atoms with Crippen LogP contribution in [-0.2, 0) is 22.1 Å². The van der Waals surface area contributed by atoms with Crippen LogP contribution in [0.1, 0.15) is 29.8 Å². The van der Waals surface area contributed by atoms with Gasteiger partial charge in [-0.15, -0.1) is 0 Å². The fourth-order valence-electron chi connectivity index (χ4n) is 3.40. The molecule has 4 rings (SSSR count). The largest absolute Gasteiger partial charge is 0.301 e. The predicted molar refractivity (Wildman–Crippen MR) is 114 cm³/mol. The second-order valence-corrected chi connectivity index (χ2v) is 9.06. The maximum atomic E-state index is 12.2. The van der Waals surface area contributed by atoms with Crippen molar-refractivity contribution < 1.29 is 13.2 Å². The second-order valence-electron chi connectivity index (χ2n) is 7.56. The van der Waals surface area contributed by atoms with E-state index in [1.165, 1.54) is 6.08 Å². The van der Waals surface area contributed by atoms with Crippen molar-refractivity contribution in [3.63, 3.8) is 0 Å². The van der Waals surface area contributed by atoms with E-state index < -0.39 is 16.1 Å². The maximum Gasteiger partial charge on any atom is 0.301 e. The number of fused-ring (bicyclic) bond motifs is 1. The fraction of sp³-hybridized carbons (Fsp3) is 0.350. The molecular weight excluding hydrogens is 404 g/mol. The van der Waals surface area contributed by atoms with Gasteiger partial charge in [-0.2, -0.15) is 23.3 Å². The van der Waals surface area contributed by atoms with Crippen molar-refractivity contribution in [3.05, 3.63) is 47.3 Å². The van der Waals surface area contributed by atoms with E-state index in [2.05, 4.69) is 14.9 Å². The smallest absolute Gasteiger partial charge is 0.269 e. The van der Waals surface area contributed by atoms with E-state index in [9.17, 15) is 13.2 Å². The summed E-state index contributed by atoms with van der Waals surface area (Å²) in [6.07, 6.45) is 4.79. The first kappa shape index (κ1) is 20.3. The van der Waals surface area contributed by atoms with E-state index in [4.69, 9.17) is 0 Å². The molecule has 1 aromatic carbocycles. The minimum absolute atomic E-state index is 0.351. The Kier molecular flexibility index (Phi) is 5.20. The molecule has 0 unspecified atom stereocenters. The highest BCUT2D eigenvalue weighted by molar-refractivity contribution is 7.88. The zero-order valence-corrected chi connectivity index (χ0v) is 17.9. The standard InChI is InChI=1S/C20H24N6O3S/c1-13-16-6-4-5-7-18(16)26(23-13)20-17(14(2)22-25(20)3)10-11-19(27)24-30(28,29)21-12-15-8-9-15/h4-7,10-11,15,21H,8-9,12H2,1-3H3,(H,24,27)/b11-10+. The number of aromatic nitrogens is 4. The van der Waals surface area contributed by atoms with Crippen molar-refractivity contribution in [2.75, 3.05) is 6.54 Å². The molecule has 2 aromatic heterocycles. The number of nitrogens with one attached hydrogen (secondary N) is 2. The zero-order chi connectivity index (χ0) is 21.5. The van der Waals surface area contributed by atoms with Gasteiger partial charge in [-0.25, -0.2) is 9.40 Å². The summed E-state index contributed by atoms with van der Waals surface area (Å²) in [5, 5.41) is 10.1. The summed E-state index contributed by atoms with van der Waals surface area (Å²) >= 11 is 0. The van der Waals surface area contributed by atoms with E-state index in [0.29, 0.717) is 29.5 Å². The number of amides is 1. The Labute approximate surface area is 174 Å². The summed E-state index contributed by atoms with van der Waals surface area (Å²) in [7, 11) is -2.07. The summed E-state index contributed by atoms with van der Waals surface area (Å²) in [5.41, 5.74) is 3.18. The van der Waals surface area contributed by atoms with Crippen molar-refractivity contribution in [1.29, 1.82) is 0 Å². The number of nitrogens with zero attached hydrogens (tertiary/aromatic N) is 4. The Bertz CT molecular complexity index is 1250. The van der Waals surface area contributed by atoms with Gasteiger partial charge < -0.3 is 0 Å². The first-order chi connectivity index (χ1) is 14.2. The molecule has 1 fully saturated rings. The Morgan fingerprint density at radius 2 is 1.93 bits per heavy atom. The van der Waals surface area contributed by atoms with E-state index in [0.717, 1.165) is 29.4 Å². The number of carbonyl (C=O) groups is 1. The second kappa shape index (κ2) is 7.69. The normalized spacial score (nSPS) is 14.6. The molecule has 1 aliphatic rings. The van der Waals surface area contributed by atoms with Crippen molar-refractivity contribution >= 4 is 33.1 Å². The molecule has 0 aliphatic heterocycles. The summed E-state index contributed by atoms with van der Waals surface area (Å²) in [6, 6.07) is 7.86. The number of para-hydroxylation sites is 1. The van der Waals surface area contributed by atoms with Crippen LogP contribution in [0.25, 0.3) is 22.8 Å². The van der Waals surface area contributed by atoms with Crippen LogP contribution in [-0.4, -0.2) is 40.4 Å². The number of benzene rings is 1. The molecule has 2 heterocycles. The molecule has 0 radical (unpaired) electrons. The zero-order valence-electron chi connectivity index (χ0n) is 17.1. The van der Waals surface area contributed by atoms with Crippen LogP contribution in [0.4, 0.5) is 0 Å². The molecule has 1 amide bonds. The number of rotatable bonds is 7. The first-order valence-electron chi connectivity index (χ1n) is 9.73. The topological polar surface area (TPSA) is 111 Å². The molecule has 30 heavy (non-hydrogen) atoms. The third-order valence-corrected chi connectivity index (χ3v) is 6.12. The van der Waals surface area contributed by atoms with Gasteiger partial charge in [0.15, 0.2) is 5.82 Å². The SMILES string of the molecule is Cc1nn(C)c(-n2nc(C)c3ccccc32)c1/C=C/C(=O)NS(=O)(=O)NCC1CC1. The molecular formula is C20H24N6O3S. The minimum Gasteiger partial charge on any atom is -0.269 e. The highest BCUT2D eigenvalue weighted by Crippen LogP contribution is 2.28. The van der Waals surface area contributed by atoms with Crippen LogP contribution in [0.3, 0.4) is 0 Å². The first-order valence-corrected chi connectivity index (χ1v) is 11.2. The molecule has 9 nitrogen and oxygen atoms in total. The molecule has 2 N–H and O–H groups in total. The highest BCUT2D eigenvalue weighted by atomic mass is 32.2. The van der Waals surface area contributed by atoms with Gasteiger partial charge in [-0.1, -0.05) is 18.2 Å². The molecule has 0 spiro atoms. The Balaban J connectivity index is 1.61. The van der Waals surface area contributed by atoms with Crippen molar-refractivity contribution in [2.24, 2.45) is 13.0 Å². The van der Waals surface area contributed by atoms with Gasteiger partial charge in [-0.05, 0) is 44.7 Å². The quantitative estimate of drug-likeness (QED) is 0.557. The van der Waals surface area contributed by atoms with Gasteiger partial charge in [0, 0.05) is 30.6 Å². The molecule has 158 valence electrons. The van der Waals surface area contributed by atoms with Gasteiger partial charge >= 0.3 is 10.2 Å². The maximum absolute atomic E-state index is 12.2. The minimum atomic E-state index is -3.87. The molecule has 10 heteroatoms. The van der Waals surface area contributed by atoms with Gasteiger partial charge in [0.1, 0.15) is 0 Å². The van der Waals surface area contributed by atoms with E-state index >= 15 is 0 Å². The summed E-state index contributed by atoms with van der Waals surface area (Å²) in [6.45, 7) is 4.11. The average molecular weight is 429 g/mol. The molecule has 0 bridgehead atoms. The van der Waals surface area contributed by atoms with Gasteiger partial charge in [-0.3, -0.25) is 9.48 Å². The van der Waals surface area contributed by atoms with Gasteiger partial charge in [0.25, 0.3) is 5.91 Å². The van der Waals surface area contributed by atoms with Gasteiger partial charge in [0.05, 0.1) is 16.9 Å². The van der Waals surface area contributed by atoms with Crippen LogP contribution in [0.2, 0.25) is 0 Å². The molecule has 0 atom stereocenters. The Morgan fingerprint density at radius 3 is 2.67 bits per heavy atom. The number of hydrogen-bond acceptors (Lipinski definition) is 5.